The third-order valence-electron chi connectivity index (χ3n) is 7.94. The molecule has 7 heteroatoms. The zero-order chi connectivity index (χ0) is 18.6. The second-order valence-electron chi connectivity index (χ2n) is 9.19. The van der Waals surface area contributed by atoms with E-state index in [2.05, 4.69) is 4.90 Å². The Morgan fingerprint density at radius 1 is 1.25 bits per heavy atom. The van der Waals surface area contributed by atoms with Crippen molar-refractivity contribution in [2.45, 2.75) is 67.6 Å². The van der Waals surface area contributed by atoms with Gasteiger partial charge in [-0.05, 0) is 56.2 Å². The van der Waals surface area contributed by atoms with Gasteiger partial charge in [0, 0.05) is 24.6 Å². The standard InChI is InChI=1S/C21H25F2NO3.ClH/c1-26-14-5-4-13-10-15-20(25)6-7-21(22,23)18-19(20,16(13)17(14)27-18)8-9-24(15)11-12-2-3-12;/h4-5,12,15,18,25H,2-3,6-11H2,1H3;1H/t15-,18-,19+,20-;/m1./s1. The number of likely N-dealkylation sites (tertiary alicyclic amines) is 1. The zero-order valence-corrected chi connectivity index (χ0v) is 16.7. The number of alkyl halides is 2. The molecule has 3 aliphatic carbocycles. The molecule has 2 aliphatic heterocycles. The summed E-state index contributed by atoms with van der Waals surface area (Å²) in [5.41, 5.74) is -0.356. The highest BCUT2D eigenvalue weighted by atomic mass is 35.5. The quantitative estimate of drug-likeness (QED) is 0.825. The second kappa shape index (κ2) is 5.73. The van der Waals surface area contributed by atoms with Gasteiger partial charge in [0.15, 0.2) is 17.6 Å². The first-order valence-corrected chi connectivity index (χ1v) is 10.1. The van der Waals surface area contributed by atoms with Gasteiger partial charge in [-0.25, -0.2) is 8.78 Å². The van der Waals surface area contributed by atoms with E-state index in [1.807, 2.05) is 12.1 Å². The third kappa shape index (κ3) is 2.07. The molecule has 28 heavy (non-hydrogen) atoms. The molecule has 0 amide bonds. The van der Waals surface area contributed by atoms with Gasteiger partial charge in [0.2, 0.25) is 0 Å². The van der Waals surface area contributed by atoms with Crippen molar-refractivity contribution in [1.82, 2.24) is 4.90 Å². The van der Waals surface area contributed by atoms with Crippen molar-refractivity contribution in [2.24, 2.45) is 5.92 Å². The van der Waals surface area contributed by atoms with Crippen molar-refractivity contribution in [1.29, 1.82) is 0 Å². The van der Waals surface area contributed by atoms with E-state index in [9.17, 15) is 5.11 Å². The summed E-state index contributed by atoms with van der Waals surface area (Å²) >= 11 is 0. The van der Waals surface area contributed by atoms with E-state index in [4.69, 9.17) is 9.47 Å². The van der Waals surface area contributed by atoms with E-state index in [0.29, 0.717) is 30.3 Å². The van der Waals surface area contributed by atoms with E-state index in [1.165, 1.54) is 20.0 Å². The van der Waals surface area contributed by atoms with Crippen LogP contribution in [0.4, 0.5) is 8.78 Å². The number of rotatable bonds is 3. The summed E-state index contributed by atoms with van der Waals surface area (Å²) in [4.78, 5) is 2.38. The van der Waals surface area contributed by atoms with Crippen LogP contribution in [0.25, 0.3) is 0 Å². The van der Waals surface area contributed by atoms with Gasteiger partial charge in [0.25, 0.3) is 5.92 Å². The van der Waals surface area contributed by atoms with E-state index < -0.39 is 23.0 Å². The summed E-state index contributed by atoms with van der Waals surface area (Å²) in [6.45, 7) is 1.72. The molecule has 1 aromatic carbocycles. The largest absolute Gasteiger partial charge is 0.493 e. The number of hydrogen-bond acceptors (Lipinski definition) is 4. The number of nitrogens with zero attached hydrogens (tertiary/aromatic N) is 1. The maximum Gasteiger partial charge on any atom is 0.285 e. The lowest BCUT2D eigenvalue weighted by atomic mass is 9.48. The van der Waals surface area contributed by atoms with Crippen LogP contribution < -0.4 is 9.47 Å². The Hall–Kier alpha value is -1.11. The van der Waals surface area contributed by atoms with Gasteiger partial charge in [-0.1, -0.05) is 6.07 Å². The zero-order valence-electron chi connectivity index (χ0n) is 15.9. The highest BCUT2D eigenvalue weighted by Crippen LogP contribution is 2.68. The SMILES string of the molecule is COc1ccc2c3c1O[C@H]1C(F)(F)CC[C@@]4(O)[C@@H](C2)N(CC2CC2)CC[C@]314.Cl. The molecule has 0 aromatic heterocycles. The number of ether oxygens (including phenoxy) is 2. The first-order valence-electron chi connectivity index (χ1n) is 10.1. The Morgan fingerprint density at radius 2 is 2.04 bits per heavy atom. The third-order valence-corrected chi connectivity index (χ3v) is 7.94. The van der Waals surface area contributed by atoms with Gasteiger partial charge in [-0.15, -0.1) is 12.4 Å². The van der Waals surface area contributed by atoms with Gasteiger partial charge >= 0.3 is 0 Å². The summed E-state index contributed by atoms with van der Waals surface area (Å²) in [6.07, 6.45) is 2.19. The fourth-order valence-electron chi connectivity index (χ4n) is 6.56. The van der Waals surface area contributed by atoms with Crippen molar-refractivity contribution in [3.63, 3.8) is 0 Å². The van der Waals surface area contributed by atoms with Crippen molar-refractivity contribution < 1.29 is 23.4 Å². The smallest absolute Gasteiger partial charge is 0.285 e. The van der Waals surface area contributed by atoms with Crippen LogP contribution in [-0.4, -0.2) is 53.9 Å². The van der Waals surface area contributed by atoms with Gasteiger partial charge in [0.1, 0.15) is 0 Å². The molecule has 2 bridgehead atoms. The van der Waals surface area contributed by atoms with Crippen LogP contribution in [0.2, 0.25) is 0 Å². The average molecular weight is 414 g/mol. The molecule has 1 aromatic rings. The van der Waals surface area contributed by atoms with Gasteiger partial charge in [-0.2, -0.15) is 0 Å². The Bertz CT molecular complexity index is 832. The minimum absolute atomic E-state index is 0. The summed E-state index contributed by atoms with van der Waals surface area (Å²) in [7, 11) is 1.54. The van der Waals surface area contributed by atoms with Crippen LogP contribution in [0.1, 0.15) is 43.2 Å². The van der Waals surface area contributed by atoms with Crippen molar-refractivity contribution in [3.05, 3.63) is 23.3 Å². The molecule has 2 saturated carbocycles. The molecule has 1 N–H and O–H groups in total. The number of methoxy groups -OCH3 is 1. The molecule has 6 rings (SSSR count). The van der Waals surface area contributed by atoms with E-state index in [1.54, 1.807) is 0 Å². The molecular formula is C21H26ClF2NO3. The van der Waals surface area contributed by atoms with Crippen LogP contribution in [0, 0.1) is 5.92 Å². The number of benzene rings is 1. The molecule has 4 atom stereocenters. The molecule has 1 spiro atoms. The molecule has 1 saturated heterocycles. The molecule has 3 fully saturated rings. The number of hydrogen-bond donors (Lipinski definition) is 1. The lowest BCUT2D eigenvalue weighted by Crippen LogP contribution is -2.78. The van der Waals surface area contributed by atoms with E-state index in [-0.39, 0.29) is 31.3 Å². The van der Waals surface area contributed by atoms with Gasteiger partial charge in [0.05, 0.1) is 18.1 Å². The van der Waals surface area contributed by atoms with E-state index in [0.717, 1.165) is 24.2 Å². The maximum absolute atomic E-state index is 15.1. The average Bonchev–Trinajstić information content (AvgIpc) is 3.37. The second-order valence-corrected chi connectivity index (χ2v) is 9.19. The molecular weight excluding hydrogens is 388 g/mol. The minimum Gasteiger partial charge on any atom is -0.493 e. The van der Waals surface area contributed by atoms with Crippen LogP contribution in [0.3, 0.4) is 0 Å². The normalized spacial score (nSPS) is 39.6. The Balaban J connectivity index is 0.00000171. The first kappa shape index (κ1) is 18.9. The van der Waals surface area contributed by atoms with Crippen molar-refractivity contribution >= 4 is 12.4 Å². The van der Waals surface area contributed by atoms with Crippen molar-refractivity contribution in [2.75, 3.05) is 20.2 Å². The van der Waals surface area contributed by atoms with Gasteiger partial charge in [-0.3, -0.25) is 4.90 Å². The Morgan fingerprint density at radius 3 is 2.75 bits per heavy atom. The molecule has 0 radical (unpaired) electrons. The Labute approximate surface area is 169 Å². The lowest BCUT2D eigenvalue weighted by molar-refractivity contribution is -0.248. The first-order chi connectivity index (χ1) is 12.9. The van der Waals surface area contributed by atoms with Crippen LogP contribution >= 0.6 is 12.4 Å². The molecule has 5 aliphatic rings. The summed E-state index contributed by atoms with van der Waals surface area (Å²) in [5, 5.41) is 12.0. The Kier molecular flexibility index (Phi) is 3.87. The van der Waals surface area contributed by atoms with Gasteiger partial charge < -0.3 is 14.6 Å². The highest BCUT2D eigenvalue weighted by molar-refractivity contribution is 5.85. The predicted octanol–water partition coefficient (Wildman–Crippen LogP) is 3.32. The minimum atomic E-state index is -2.95. The summed E-state index contributed by atoms with van der Waals surface area (Å²) in [6, 6.07) is 3.71. The molecule has 4 nitrogen and oxygen atoms in total. The number of aliphatic hydroxyl groups is 1. The molecule has 2 heterocycles. The van der Waals surface area contributed by atoms with Crippen molar-refractivity contribution in [3.8, 4) is 11.5 Å². The fourth-order valence-corrected chi connectivity index (χ4v) is 6.56. The molecule has 0 unspecified atom stereocenters. The summed E-state index contributed by atoms with van der Waals surface area (Å²) < 4.78 is 41.5. The monoisotopic (exact) mass is 413 g/mol. The van der Waals surface area contributed by atoms with Crippen LogP contribution in [-0.2, 0) is 11.8 Å². The predicted molar refractivity (Wildman–Crippen MR) is 102 cm³/mol. The maximum atomic E-state index is 15.1. The highest BCUT2D eigenvalue weighted by Gasteiger charge is 2.77. The molecule has 154 valence electrons. The topological polar surface area (TPSA) is 41.9 Å². The van der Waals surface area contributed by atoms with Crippen LogP contribution in [0.5, 0.6) is 11.5 Å². The lowest BCUT2D eigenvalue weighted by Gasteiger charge is -2.64. The number of piperidine rings is 1. The number of halogens is 3. The summed E-state index contributed by atoms with van der Waals surface area (Å²) in [5.74, 6) is -1.31. The fraction of sp³-hybridized carbons (Fsp3) is 0.714. The van der Waals surface area contributed by atoms with Crippen LogP contribution in [0.15, 0.2) is 12.1 Å². The van der Waals surface area contributed by atoms with E-state index >= 15 is 8.78 Å².